The first-order valence-corrected chi connectivity index (χ1v) is 8.01. The maximum atomic E-state index is 12.0. The average Bonchev–Trinajstić information content (AvgIpc) is 2.21. The van der Waals surface area contributed by atoms with E-state index < -0.39 is 20.5 Å². The predicted octanol–water partition coefficient (Wildman–Crippen LogP) is 2.52. The molecule has 0 radical (unpaired) electrons. The molecule has 0 fully saturated rings. The lowest BCUT2D eigenvalue weighted by atomic mass is 10.1. The highest BCUT2D eigenvalue weighted by Crippen LogP contribution is 2.23. The number of halogens is 1. The topological polar surface area (TPSA) is 63.2 Å². The molecule has 1 aromatic carbocycles. The molecule has 0 aliphatic carbocycles. The molecule has 18 heavy (non-hydrogen) atoms. The van der Waals surface area contributed by atoms with Crippen LogP contribution in [-0.2, 0) is 14.6 Å². The van der Waals surface area contributed by atoms with Crippen molar-refractivity contribution in [2.45, 2.75) is 25.5 Å². The van der Waals surface area contributed by atoms with Crippen LogP contribution in [0.3, 0.4) is 0 Å². The lowest BCUT2D eigenvalue weighted by Crippen LogP contribution is -2.43. The molecule has 0 aliphatic heterocycles. The first-order valence-electron chi connectivity index (χ1n) is 5.33. The van der Waals surface area contributed by atoms with E-state index in [0.717, 1.165) is 16.3 Å². The van der Waals surface area contributed by atoms with Crippen molar-refractivity contribution in [3.8, 4) is 0 Å². The summed E-state index contributed by atoms with van der Waals surface area (Å²) >= 11 is 3.31. The van der Waals surface area contributed by atoms with E-state index in [-0.39, 0.29) is 0 Å². The zero-order valence-electron chi connectivity index (χ0n) is 10.7. The van der Waals surface area contributed by atoms with Crippen LogP contribution in [0.2, 0.25) is 0 Å². The van der Waals surface area contributed by atoms with Gasteiger partial charge in [-0.15, -0.1) is 0 Å². The van der Waals surface area contributed by atoms with Crippen molar-refractivity contribution < 1.29 is 13.2 Å². The van der Waals surface area contributed by atoms with Gasteiger partial charge in [-0.05, 0) is 38.5 Å². The van der Waals surface area contributed by atoms with Crippen LogP contribution >= 0.6 is 15.9 Å². The summed E-state index contributed by atoms with van der Waals surface area (Å²) in [7, 11) is -3.47. The van der Waals surface area contributed by atoms with Crippen molar-refractivity contribution >= 4 is 37.4 Å². The van der Waals surface area contributed by atoms with Crippen molar-refractivity contribution in [2.75, 3.05) is 11.6 Å². The average molecular weight is 334 g/mol. The highest BCUT2D eigenvalue weighted by atomic mass is 79.9. The van der Waals surface area contributed by atoms with E-state index in [9.17, 15) is 13.2 Å². The fourth-order valence-electron chi connectivity index (χ4n) is 1.17. The number of aryl methyl sites for hydroxylation is 1. The molecule has 1 N–H and O–H groups in total. The summed E-state index contributed by atoms with van der Waals surface area (Å²) in [5.74, 6) is -0.536. The van der Waals surface area contributed by atoms with Gasteiger partial charge in [0.1, 0.15) is 4.75 Å². The van der Waals surface area contributed by atoms with Crippen LogP contribution in [0.15, 0.2) is 22.7 Å². The molecular formula is C12H16BrNO3S. The first-order chi connectivity index (χ1) is 8.05. The predicted molar refractivity (Wildman–Crippen MR) is 76.4 cm³/mol. The summed E-state index contributed by atoms with van der Waals surface area (Å²) in [6, 6.07) is 5.44. The third-order valence-electron chi connectivity index (χ3n) is 2.92. The zero-order chi connectivity index (χ0) is 14.1. The van der Waals surface area contributed by atoms with Crippen LogP contribution in [0.5, 0.6) is 0 Å². The minimum absolute atomic E-state index is 0.536. The molecule has 0 aromatic heterocycles. The number of carbonyl (C=O) groups excluding carboxylic acids is 1. The molecule has 0 saturated heterocycles. The standard InChI is InChI=1S/C12H16BrNO3S/c1-8-5-6-9(13)7-10(8)14-11(15)12(2,3)18(4,16)17/h5-7H,1-4H3,(H,14,15). The number of hydrogen-bond acceptors (Lipinski definition) is 3. The second kappa shape index (κ2) is 5.01. The fourth-order valence-corrected chi connectivity index (χ4v) is 1.92. The van der Waals surface area contributed by atoms with Crippen LogP contribution in [0.25, 0.3) is 0 Å². The van der Waals surface area contributed by atoms with Crippen LogP contribution in [0.4, 0.5) is 5.69 Å². The van der Waals surface area contributed by atoms with Gasteiger partial charge in [-0.1, -0.05) is 22.0 Å². The maximum Gasteiger partial charge on any atom is 0.245 e. The monoisotopic (exact) mass is 333 g/mol. The molecule has 0 unspecified atom stereocenters. The molecule has 1 rings (SSSR count). The van der Waals surface area contributed by atoms with Gasteiger partial charge in [0, 0.05) is 16.4 Å². The van der Waals surface area contributed by atoms with Gasteiger partial charge in [0.15, 0.2) is 9.84 Å². The number of anilines is 1. The Labute approximate surface area is 116 Å². The Hall–Kier alpha value is -0.880. The maximum absolute atomic E-state index is 12.0. The summed E-state index contributed by atoms with van der Waals surface area (Å²) in [5, 5.41) is 2.65. The van der Waals surface area contributed by atoms with Gasteiger partial charge >= 0.3 is 0 Å². The van der Waals surface area contributed by atoms with Crippen LogP contribution in [0, 0.1) is 6.92 Å². The molecule has 0 bridgehead atoms. The molecule has 0 spiro atoms. The number of benzene rings is 1. The Morgan fingerprint density at radius 2 is 1.89 bits per heavy atom. The minimum atomic E-state index is -3.47. The van der Waals surface area contributed by atoms with Crippen LogP contribution < -0.4 is 5.32 Å². The molecule has 100 valence electrons. The molecular weight excluding hydrogens is 318 g/mol. The third-order valence-corrected chi connectivity index (χ3v) is 5.45. The zero-order valence-corrected chi connectivity index (χ0v) is 13.1. The second-order valence-electron chi connectivity index (χ2n) is 4.70. The van der Waals surface area contributed by atoms with E-state index >= 15 is 0 Å². The van der Waals surface area contributed by atoms with Crippen LogP contribution in [-0.4, -0.2) is 25.3 Å². The molecule has 0 saturated carbocycles. The van der Waals surface area contributed by atoms with Crippen molar-refractivity contribution in [2.24, 2.45) is 0 Å². The summed E-state index contributed by atoms with van der Waals surface area (Å²) in [6.07, 6.45) is 1.06. The lowest BCUT2D eigenvalue weighted by Gasteiger charge is -2.22. The van der Waals surface area contributed by atoms with E-state index in [1.807, 2.05) is 19.1 Å². The van der Waals surface area contributed by atoms with Crippen molar-refractivity contribution in [1.29, 1.82) is 0 Å². The second-order valence-corrected chi connectivity index (χ2v) is 8.18. The van der Waals surface area contributed by atoms with E-state index in [0.29, 0.717) is 5.69 Å². The number of amides is 1. The van der Waals surface area contributed by atoms with Gasteiger partial charge in [0.2, 0.25) is 5.91 Å². The van der Waals surface area contributed by atoms with Crippen molar-refractivity contribution in [1.82, 2.24) is 0 Å². The number of sulfone groups is 1. The van der Waals surface area contributed by atoms with Crippen LogP contribution in [0.1, 0.15) is 19.4 Å². The Kier molecular flexibility index (Phi) is 4.23. The molecule has 0 atom stereocenters. The largest absolute Gasteiger partial charge is 0.324 e. The van der Waals surface area contributed by atoms with Gasteiger partial charge in [-0.3, -0.25) is 4.79 Å². The molecule has 0 heterocycles. The molecule has 4 nitrogen and oxygen atoms in total. The van der Waals surface area contributed by atoms with Gasteiger partial charge in [0.25, 0.3) is 0 Å². The van der Waals surface area contributed by atoms with Gasteiger partial charge in [-0.2, -0.15) is 0 Å². The molecule has 6 heteroatoms. The summed E-state index contributed by atoms with van der Waals surface area (Å²) in [4.78, 5) is 12.0. The Balaban J connectivity index is 3.06. The van der Waals surface area contributed by atoms with Crippen molar-refractivity contribution in [3.05, 3.63) is 28.2 Å². The molecule has 1 amide bonds. The number of rotatable bonds is 3. The van der Waals surface area contributed by atoms with E-state index in [1.54, 1.807) is 6.07 Å². The van der Waals surface area contributed by atoms with Crippen molar-refractivity contribution in [3.63, 3.8) is 0 Å². The summed E-state index contributed by atoms with van der Waals surface area (Å²) < 4.78 is 22.5. The Morgan fingerprint density at radius 3 is 2.39 bits per heavy atom. The van der Waals surface area contributed by atoms with E-state index in [2.05, 4.69) is 21.2 Å². The highest BCUT2D eigenvalue weighted by Gasteiger charge is 2.38. The number of hydrogen-bond donors (Lipinski definition) is 1. The van der Waals surface area contributed by atoms with E-state index in [4.69, 9.17) is 0 Å². The normalized spacial score (nSPS) is 12.3. The Bertz CT molecular complexity index is 579. The third kappa shape index (κ3) is 3.11. The smallest absolute Gasteiger partial charge is 0.245 e. The van der Waals surface area contributed by atoms with Gasteiger partial charge < -0.3 is 5.32 Å². The van der Waals surface area contributed by atoms with E-state index in [1.165, 1.54) is 13.8 Å². The van der Waals surface area contributed by atoms with Gasteiger partial charge in [0.05, 0.1) is 0 Å². The first kappa shape index (κ1) is 15.2. The number of carbonyl (C=O) groups is 1. The molecule has 1 aromatic rings. The molecule has 0 aliphatic rings. The quantitative estimate of drug-likeness (QED) is 0.924. The Morgan fingerprint density at radius 1 is 1.33 bits per heavy atom. The SMILES string of the molecule is Cc1ccc(Br)cc1NC(=O)C(C)(C)S(C)(=O)=O. The van der Waals surface area contributed by atoms with Gasteiger partial charge in [-0.25, -0.2) is 8.42 Å². The summed E-state index contributed by atoms with van der Waals surface area (Å²) in [6.45, 7) is 4.63. The minimum Gasteiger partial charge on any atom is -0.324 e. The lowest BCUT2D eigenvalue weighted by molar-refractivity contribution is -0.117. The summed E-state index contributed by atoms with van der Waals surface area (Å²) in [5.41, 5.74) is 1.47. The fraction of sp³-hybridized carbons (Fsp3) is 0.417. The number of nitrogens with one attached hydrogen (secondary N) is 1. The highest BCUT2D eigenvalue weighted by molar-refractivity contribution is 9.10.